The quantitative estimate of drug-likeness (QED) is 0.504. The third-order valence-electron chi connectivity index (χ3n) is 4.11. The van der Waals surface area contributed by atoms with Gasteiger partial charge in [-0.15, -0.1) is 0 Å². The number of hydrogen-bond donors (Lipinski definition) is 0. The fraction of sp³-hybridized carbons (Fsp3) is 0.400. The van der Waals surface area contributed by atoms with Gasteiger partial charge in [0.25, 0.3) is 0 Å². The molecule has 2 heteroatoms. The van der Waals surface area contributed by atoms with E-state index in [1.807, 2.05) is 0 Å². The molecule has 1 heterocycles. The van der Waals surface area contributed by atoms with Crippen molar-refractivity contribution in [3.8, 4) is 0 Å². The number of esters is 1. The van der Waals surface area contributed by atoms with Gasteiger partial charge in [0.15, 0.2) is 0 Å². The fourth-order valence-corrected chi connectivity index (χ4v) is 3.11. The molecule has 0 aromatic heterocycles. The maximum absolute atomic E-state index is 11.6. The Bertz CT molecular complexity index is 528. The molecular formula is C15H16O2. The average Bonchev–Trinajstić information content (AvgIpc) is 2.60. The number of fused-ring (bicyclic) bond motifs is 3. The topological polar surface area (TPSA) is 26.3 Å². The summed E-state index contributed by atoms with van der Waals surface area (Å²) >= 11 is 0. The van der Waals surface area contributed by atoms with Crippen molar-refractivity contribution in [2.75, 3.05) is 0 Å². The van der Waals surface area contributed by atoms with Crippen LogP contribution in [0.2, 0.25) is 0 Å². The molecule has 0 saturated carbocycles. The van der Waals surface area contributed by atoms with Crippen LogP contribution >= 0.6 is 0 Å². The third kappa shape index (κ3) is 1.36. The molecule has 88 valence electrons. The van der Waals surface area contributed by atoms with Gasteiger partial charge in [0.05, 0.1) is 0 Å². The molecule has 1 aromatic rings. The van der Waals surface area contributed by atoms with Crippen LogP contribution < -0.4 is 0 Å². The maximum Gasteiger partial charge on any atom is 0.334 e. The summed E-state index contributed by atoms with van der Waals surface area (Å²) in [6, 6.07) is 4.27. The van der Waals surface area contributed by atoms with Crippen molar-refractivity contribution in [3.63, 3.8) is 0 Å². The van der Waals surface area contributed by atoms with Crippen LogP contribution in [0.5, 0.6) is 0 Å². The molecule has 0 spiro atoms. The summed E-state index contributed by atoms with van der Waals surface area (Å²) in [5, 5.41) is 0. The second-order valence-electron chi connectivity index (χ2n) is 5.09. The number of rotatable bonds is 0. The molecule has 0 radical (unpaired) electrons. The summed E-state index contributed by atoms with van der Waals surface area (Å²) in [7, 11) is 0. The second-order valence-corrected chi connectivity index (χ2v) is 5.09. The smallest absolute Gasteiger partial charge is 0.334 e. The summed E-state index contributed by atoms with van der Waals surface area (Å²) in [5.41, 5.74) is 5.78. The number of hydrogen-bond acceptors (Lipinski definition) is 2. The highest BCUT2D eigenvalue weighted by atomic mass is 16.6. The van der Waals surface area contributed by atoms with Crippen LogP contribution in [-0.4, -0.2) is 5.97 Å². The zero-order chi connectivity index (χ0) is 12.2. The molecule has 2 nitrogen and oxygen atoms in total. The molecule has 0 amide bonds. The van der Waals surface area contributed by atoms with E-state index in [1.165, 1.54) is 22.3 Å². The van der Waals surface area contributed by atoms with Gasteiger partial charge in [-0.3, -0.25) is 0 Å². The van der Waals surface area contributed by atoms with Gasteiger partial charge in [0.1, 0.15) is 6.10 Å². The van der Waals surface area contributed by atoms with Gasteiger partial charge in [0.2, 0.25) is 0 Å². The summed E-state index contributed by atoms with van der Waals surface area (Å²) < 4.78 is 5.50. The van der Waals surface area contributed by atoms with Crippen molar-refractivity contribution < 1.29 is 9.53 Å². The lowest BCUT2D eigenvalue weighted by molar-refractivity contribution is -0.139. The lowest BCUT2D eigenvalue weighted by atomic mass is 9.76. The predicted molar refractivity (Wildman–Crippen MR) is 65.7 cm³/mol. The van der Waals surface area contributed by atoms with E-state index in [0.717, 1.165) is 12.8 Å². The first kappa shape index (κ1) is 10.6. The fourth-order valence-electron chi connectivity index (χ4n) is 3.11. The standard InChI is InChI=1S/C15H16O2/c1-8-4-5-9(2)13-11(8)6-7-12-10(3)15(16)17-14(12)13/h4-5,12,14H,3,6-7H2,1-2H3/t12-,14+/m0/s1. The molecule has 1 aliphatic carbocycles. The molecule has 0 N–H and O–H groups in total. The van der Waals surface area contributed by atoms with Crippen molar-refractivity contribution in [3.05, 3.63) is 46.5 Å². The largest absolute Gasteiger partial charge is 0.453 e. The Balaban J connectivity index is 2.17. The molecule has 1 saturated heterocycles. The van der Waals surface area contributed by atoms with E-state index in [9.17, 15) is 4.79 Å². The number of carbonyl (C=O) groups excluding carboxylic acids is 1. The molecule has 1 fully saturated rings. The van der Waals surface area contributed by atoms with Crippen molar-refractivity contribution in [1.29, 1.82) is 0 Å². The van der Waals surface area contributed by atoms with Crippen LogP contribution in [0.1, 0.15) is 34.8 Å². The van der Waals surface area contributed by atoms with Crippen LogP contribution in [0.3, 0.4) is 0 Å². The zero-order valence-electron chi connectivity index (χ0n) is 10.2. The number of benzene rings is 1. The third-order valence-corrected chi connectivity index (χ3v) is 4.11. The minimum absolute atomic E-state index is 0.0846. The van der Waals surface area contributed by atoms with E-state index in [0.29, 0.717) is 5.57 Å². The van der Waals surface area contributed by atoms with Crippen LogP contribution in [-0.2, 0) is 16.0 Å². The zero-order valence-corrected chi connectivity index (χ0v) is 10.2. The lowest BCUT2D eigenvalue weighted by Crippen LogP contribution is -2.19. The second kappa shape index (κ2) is 3.46. The van der Waals surface area contributed by atoms with Gasteiger partial charge >= 0.3 is 5.97 Å². The Labute approximate surface area is 101 Å². The average molecular weight is 228 g/mol. The summed E-state index contributed by atoms with van der Waals surface area (Å²) in [6.45, 7) is 8.09. The van der Waals surface area contributed by atoms with Gasteiger partial charge in [-0.05, 0) is 48.9 Å². The highest BCUT2D eigenvalue weighted by Gasteiger charge is 2.43. The molecule has 0 unspecified atom stereocenters. The van der Waals surface area contributed by atoms with E-state index in [-0.39, 0.29) is 18.0 Å². The van der Waals surface area contributed by atoms with Gasteiger partial charge in [-0.2, -0.15) is 0 Å². The Morgan fingerprint density at radius 2 is 2.00 bits per heavy atom. The Hall–Kier alpha value is -1.57. The van der Waals surface area contributed by atoms with E-state index in [2.05, 4.69) is 32.6 Å². The van der Waals surface area contributed by atoms with Gasteiger partial charge in [-0.25, -0.2) is 4.79 Å². The van der Waals surface area contributed by atoms with Crippen molar-refractivity contribution in [2.24, 2.45) is 5.92 Å². The molecule has 1 aliphatic heterocycles. The number of aryl methyl sites for hydroxylation is 2. The molecule has 2 atom stereocenters. The normalized spacial score (nSPS) is 26.5. The molecule has 2 aliphatic rings. The highest BCUT2D eigenvalue weighted by Crippen LogP contribution is 2.47. The van der Waals surface area contributed by atoms with E-state index < -0.39 is 0 Å². The van der Waals surface area contributed by atoms with Crippen LogP contribution in [0.4, 0.5) is 0 Å². The van der Waals surface area contributed by atoms with Crippen molar-refractivity contribution in [2.45, 2.75) is 32.8 Å². The Morgan fingerprint density at radius 3 is 2.76 bits per heavy atom. The van der Waals surface area contributed by atoms with Gasteiger partial charge in [0, 0.05) is 11.5 Å². The van der Waals surface area contributed by atoms with E-state index in [4.69, 9.17) is 4.74 Å². The van der Waals surface area contributed by atoms with Gasteiger partial charge in [-0.1, -0.05) is 18.7 Å². The summed E-state index contributed by atoms with van der Waals surface area (Å²) in [5.74, 6) is -0.0238. The molecule has 3 rings (SSSR count). The van der Waals surface area contributed by atoms with Crippen molar-refractivity contribution in [1.82, 2.24) is 0 Å². The van der Waals surface area contributed by atoms with Crippen molar-refractivity contribution >= 4 is 5.97 Å². The highest BCUT2D eigenvalue weighted by molar-refractivity contribution is 5.91. The number of carbonyl (C=O) groups is 1. The van der Waals surface area contributed by atoms with Gasteiger partial charge < -0.3 is 4.74 Å². The van der Waals surface area contributed by atoms with Crippen LogP contribution in [0.25, 0.3) is 0 Å². The lowest BCUT2D eigenvalue weighted by Gasteiger charge is -2.29. The molecule has 1 aromatic carbocycles. The molecular weight excluding hydrogens is 212 g/mol. The minimum atomic E-state index is -0.214. The van der Waals surface area contributed by atoms with Crippen LogP contribution in [0.15, 0.2) is 24.3 Å². The SMILES string of the molecule is C=C1C(=O)O[C@H]2c3c(C)ccc(C)c3CC[C@@H]12. The molecule has 17 heavy (non-hydrogen) atoms. The van der Waals surface area contributed by atoms with E-state index >= 15 is 0 Å². The van der Waals surface area contributed by atoms with E-state index in [1.54, 1.807) is 0 Å². The monoisotopic (exact) mass is 228 g/mol. The summed E-state index contributed by atoms with van der Waals surface area (Å²) in [6.07, 6.45) is 1.92. The first-order chi connectivity index (χ1) is 8.09. The minimum Gasteiger partial charge on any atom is -0.453 e. The Kier molecular flexibility index (Phi) is 2.15. The first-order valence-corrected chi connectivity index (χ1v) is 6.08. The predicted octanol–water partition coefficient (Wildman–Crippen LogP) is 3.02. The first-order valence-electron chi connectivity index (χ1n) is 6.08. The van der Waals surface area contributed by atoms with Crippen LogP contribution in [0, 0.1) is 19.8 Å². The number of ether oxygens (including phenoxy) is 1. The Morgan fingerprint density at radius 1 is 1.29 bits per heavy atom. The maximum atomic E-state index is 11.6. The molecule has 0 bridgehead atoms. The summed E-state index contributed by atoms with van der Waals surface area (Å²) in [4.78, 5) is 11.6.